The Kier molecular flexibility index (Phi) is 12.0. The maximum atomic E-state index is 13.9. The summed E-state index contributed by atoms with van der Waals surface area (Å²) in [5, 5.41) is 28.4. The number of amides is 2. The van der Waals surface area contributed by atoms with Gasteiger partial charge in [0.15, 0.2) is 0 Å². The number of rotatable bonds is 14. The van der Waals surface area contributed by atoms with E-state index in [0.717, 1.165) is 22.3 Å². The Morgan fingerprint density at radius 3 is 2.27 bits per heavy atom. The summed E-state index contributed by atoms with van der Waals surface area (Å²) in [4.78, 5) is 26.8. The number of aliphatic hydroxyl groups is 2. The third-order valence-electron chi connectivity index (χ3n) is 7.83. The molecule has 3 aromatic carbocycles. The predicted octanol–water partition coefficient (Wildman–Crippen LogP) is 4.53. The zero-order chi connectivity index (χ0) is 32.4. The second-order valence-electron chi connectivity index (χ2n) is 12.6. The molecule has 1 aliphatic carbocycles. The molecule has 3 unspecified atom stereocenters. The molecule has 1 aliphatic rings. The number of aliphatic hydroxyl groups excluding tert-OH is 2. The molecule has 9 heteroatoms. The van der Waals surface area contributed by atoms with E-state index in [2.05, 4.69) is 10.6 Å². The number of fused-ring (bicyclic) bond motifs is 1. The van der Waals surface area contributed by atoms with Gasteiger partial charge in [-0.05, 0) is 74.4 Å². The fourth-order valence-electron chi connectivity index (χ4n) is 5.62. The van der Waals surface area contributed by atoms with Crippen LogP contribution in [0.1, 0.15) is 55.5 Å². The van der Waals surface area contributed by atoms with E-state index in [1.165, 1.54) is 0 Å². The quantitative estimate of drug-likeness (QED) is 0.196. The zero-order valence-corrected chi connectivity index (χ0v) is 26.6. The molecule has 0 spiro atoms. The highest BCUT2D eigenvalue weighted by Crippen LogP contribution is 2.32. The number of carbonyl (C=O) groups excluding carboxylic acids is 2. The lowest BCUT2D eigenvalue weighted by molar-refractivity contribution is -0.127. The largest absolute Gasteiger partial charge is 0.491 e. The van der Waals surface area contributed by atoms with Gasteiger partial charge in [-0.2, -0.15) is 0 Å². The molecule has 0 bridgehead atoms. The molecular formula is C36H46N2O7. The monoisotopic (exact) mass is 618 g/mol. The maximum Gasteiger partial charge on any atom is 0.407 e. The van der Waals surface area contributed by atoms with Crippen molar-refractivity contribution in [1.29, 1.82) is 0 Å². The second kappa shape index (κ2) is 15.9. The van der Waals surface area contributed by atoms with Gasteiger partial charge >= 0.3 is 6.09 Å². The Balaban J connectivity index is 1.55. The van der Waals surface area contributed by atoms with Crippen LogP contribution < -0.4 is 15.4 Å². The topological polar surface area (TPSA) is 126 Å². The molecule has 0 saturated heterocycles. The Hall–Kier alpha value is -3.92. The Bertz CT molecular complexity index is 1370. The number of alkyl carbamates (subject to hydrolysis) is 1. The first kappa shape index (κ1) is 34.0. The van der Waals surface area contributed by atoms with Crippen LogP contribution in [0.4, 0.5) is 4.79 Å². The van der Waals surface area contributed by atoms with Crippen LogP contribution in [0.2, 0.25) is 0 Å². The van der Waals surface area contributed by atoms with E-state index >= 15 is 0 Å². The summed E-state index contributed by atoms with van der Waals surface area (Å²) in [5.41, 5.74) is 2.98. The van der Waals surface area contributed by atoms with Crippen molar-refractivity contribution >= 4 is 12.0 Å². The summed E-state index contributed by atoms with van der Waals surface area (Å²) in [6, 6.07) is 23.5. The molecule has 2 amide bonds. The van der Waals surface area contributed by atoms with Gasteiger partial charge in [0, 0.05) is 19.4 Å². The number of ether oxygens (including phenoxy) is 3. The van der Waals surface area contributed by atoms with E-state index in [9.17, 15) is 19.8 Å². The van der Waals surface area contributed by atoms with Gasteiger partial charge in [-0.3, -0.25) is 4.79 Å². The summed E-state index contributed by atoms with van der Waals surface area (Å²) in [5.74, 6) is -0.267. The highest BCUT2D eigenvalue weighted by Gasteiger charge is 2.35. The highest BCUT2D eigenvalue weighted by molar-refractivity contribution is 5.80. The number of hydrogen-bond acceptors (Lipinski definition) is 7. The second-order valence-corrected chi connectivity index (χ2v) is 12.6. The average molecular weight is 619 g/mol. The van der Waals surface area contributed by atoms with Crippen molar-refractivity contribution in [2.45, 2.75) is 76.3 Å². The van der Waals surface area contributed by atoms with Crippen molar-refractivity contribution in [3.05, 3.63) is 101 Å². The fraction of sp³-hybridized carbons (Fsp3) is 0.444. The third-order valence-corrected chi connectivity index (χ3v) is 7.83. The van der Waals surface area contributed by atoms with Crippen LogP contribution in [0.3, 0.4) is 0 Å². The van der Waals surface area contributed by atoms with E-state index in [-0.39, 0.29) is 12.3 Å². The van der Waals surface area contributed by atoms with Gasteiger partial charge in [-0.15, -0.1) is 0 Å². The van der Waals surface area contributed by atoms with Crippen LogP contribution in [0, 0.1) is 5.92 Å². The standard InChI is InChI=1S/C36H46N2O7/c1-36(2,3)45-35(42)37-30(21-24-10-6-5-7-11-24)31(39)23-27(20-25-14-16-28(17-15-25)44-19-18-43-4)34(41)38-33-29-13-9-8-12-26(29)22-32(33)40/h5-17,27,30-33,39-40H,18-23H2,1-4H3,(H,37,42)(H,38,41)/t27?,30?,31?,32-,33-/m0/s1. The van der Waals surface area contributed by atoms with Gasteiger partial charge < -0.3 is 35.1 Å². The smallest absolute Gasteiger partial charge is 0.407 e. The highest BCUT2D eigenvalue weighted by atomic mass is 16.6. The first-order chi connectivity index (χ1) is 21.5. The summed E-state index contributed by atoms with van der Waals surface area (Å²) in [6.45, 7) is 6.22. The van der Waals surface area contributed by atoms with Crippen LogP contribution in [0.15, 0.2) is 78.9 Å². The fourth-order valence-corrected chi connectivity index (χ4v) is 5.62. The van der Waals surface area contributed by atoms with Crippen LogP contribution in [0.25, 0.3) is 0 Å². The van der Waals surface area contributed by atoms with Crippen molar-refractivity contribution in [3.63, 3.8) is 0 Å². The molecule has 9 nitrogen and oxygen atoms in total. The maximum absolute atomic E-state index is 13.9. The Labute approximate surface area is 265 Å². The van der Waals surface area contributed by atoms with Gasteiger partial charge in [0.05, 0.1) is 30.9 Å². The van der Waals surface area contributed by atoms with E-state index in [1.54, 1.807) is 27.9 Å². The summed E-state index contributed by atoms with van der Waals surface area (Å²) in [6.07, 6.45) is -1.27. The van der Waals surface area contributed by atoms with Gasteiger partial charge in [0.1, 0.15) is 18.0 Å². The first-order valence-electron chi connectivity index (χ1n) is 15.5. The lowest BCUT2D eigenvalue weighted by atomic mass is 9.88. The number of methoxy groups -OCH3 is 1. The predicted molar refractivity (Wildman–Crippen MR) is 172 cm³/mol. The van der Waals surface area contributed by atoms with Crippen LogP contribution in [-0.4, -0.2) is 66.4 Å². The molecule has 242 valence electrons. The van der Waals surface area contributed by atoms with Gasteiger partial charge in [0.2, 0.25) is 5.91 Å². The van der Waals surface area contributed by atoms with Crippen LogP contribution in [-0.2, 0) is 33.5 Å². The SMILES string of the molecule is COCCOc1ccc(CC(CC(O)C(Cc2ccccc2)NC(=O)OC(C)(C)C)C(=O)N[C@H]2c3ccccc3C[C@@H]2O)cc1. The van der Waals surface area contributed by atoms with Crippen molar-refractivity contribution in [2.75, 3.05) is 20.3 Å². The minimum Gasteiger partial charge on any atom is -0.491 e. The Morgan fingerprint density at radius 1 is 0.911 bits per heavy atom. The van der Waals surface area contributed by atoms with E-state index in [4.69, 9.17) is 14.2 Å². The molecule has 0 fully saturated rings. The van der Waals surface area contributed by atoms with E-state index in [0.29, 0.717) is 38.2 Å². The zero-order valence-electron chi connectivity index (χ0n) is 26.6. The van der Waals surface area contributed by atoms with E-state index < -0.39 is 41.9 Å². The Morgan fingerprint density at radius 2 is 1.58 bits per heavy atom. The van der Waals surface area contributed by atoms with Crippen molar-refractivity contribution in [1.82, 2.24) is 10.6 Å². The molecule has 0 aromatic heterocycles. The lowest BCUT2D eigenvalue weighted by Gasteiger charge is -2.29. The molecule has 0 heterocycles. The molecule has 4 N–H and O–H groups in total. The van der Waals surface area contributed by atoms with Crippen molar-refractivity contribution < 1.29 is 34.0 Å². The van der Waals surface area contributed by atoms with Crippen molar-refractivity contribution in [3.8, 4) is 5.75 Å². The average Bonchev–Trinajstić information content (AvgIpc) is 3.31. The van der Waals surface area contributed by atoms with Crippen LogP contribution in [0.5, 0.6) is 5.75 Å². The summed E-state index contributed by atoms with van der Waals surface area (Å²) >= 11 is 0. The molecular weight excluding hydrogens is 572 g/mol. The number of carbonyl (C=O) groups is 2. The summed E-state index contributed by atoms with van der Waals surface area (Å²) in [7, 11) is 1.61. The molecule has 0 aliphatic heterocycles. The van der Waals surface area contributed by atoms with Gasteiger partial charge in [-0.25, -0.2) is 4.79 Å². The number of nitrogens with one attached hydrogen (secondary N) is 2. The van der Waals surface area contributed by atoms with Gasteiger partial charge in [-0.1, -0.05) is 66.7 Å². The number of hydrogen-bond donors (Lipinski definition) is 4. The molecule has 45 heavy (non-hydrogen) atoms. The molecule has 3 aromatic rings. The minimum absolute atomic E-state index is 0.0652. The van der Waals surface area contributed by atoms with E-state index in [1.807, 2.05) is 78.9 Å². The van der Waals surface area contributed by atoms with Crippen LogP contribution >= 0.6 is 0 Å². The molecule has 5 atom stereocenters. The normalized spacial score (nSPS) is 17.9. The minimum atomic E-state index is -1.08. The molecule has 4 rings (SSSR count). The first-order valence-corrected chi connectivity index (χ1v) is 15.5. The third kappa shape index (κ3) is 10.3. The molecule has 0 radical (unpaired) electrons. The number of benzene rings is 3. The van der Waals surface area contributed by atoms with Crippen molar-refractivity contribution in [2.24, 2.45) is 5.92 Å². The lowest BCUT2D eigenvalue weighted by Crippen LogP contribution is -2.48. The summed E-state index contributed by atoms with van der Waals surface area (Å²) < 4.78 is 16.2. The molecule has 0 saturated carbocycles. The van der Waals surface area contributed by atoms with Gasteiger partial charge in [0.25, 0.3) is 0 Å².